The second-order valence-electron chi connectivity index (χ2n) is 6.47. The highest BCUT2D eigenvalue weighted by Crippen LogP contribution is 2.21. The standard InChI is InChI=1S/C20H31N3O3/c1-3-21-20(23-15-16-10-12-17(25-2)13-11-16)22-14-6-9-19(24)26-18-7-4-5-8-18/h10-13,18H,3-9,14-15H2,1-2H3,(H2,21,22,23). The average Bonchev–Trinajstić information content (AvgIpc) is 3.16. The van der Waals surface area contributed by atoms with Crippen molar-refractivity contribution in [2.45, 2.75) is 58.1 Å². The van der Waals surface area contributed by atoms with E-state index in [4.69, 9.17) is 9.47 Å². The van der Waals surface area contributed by atoms with Crippen LogP contribution in [0.2, 0.25) is 0 Å². The number of carbonyl (C=O) groups excluding carboxylic acids is 1. The van der Waals surface area contributed by atoms with Crippen molar-refractivity contribution < 1.29 is 14.3 Å². The Hall–Kier alpha value is -2.24. The molecule has 1 aliphatic rings. The zero-order valence-corrected chi connectivity index (χ0v) is 15.9. The molecule has 6 heteroatoms. The molecule has 0 spiro atoms. The van der Waals surface area contributed by atoms with Gasteiger partial charge < -0.3 is 20.1 Å². The monoisotopic (exact) mass is 361 g/mol. The van der Waals surface area contributed by atoms with E-state index in [0.717, 1.165) is 43.1 Å². The summed E-state index contributed by atoms with van der Waals surface area (Å²) < 4.78 is 10.6. The van der Waals surface area contributed by atoms with Crippen molar-refractivity contribution >= 4 is 11.9 Å². The summed E-state index contributed by atoms with van der Waals surface area (Å²) in [5.74, 6) is 1.51. The minimum Gasteiger partial charge on any atom is -0.497 e. The summed E-state index contributed by atoms with van der Waals surface area (Å²) in [6.07, 6.45) is 5.73. The molecule has 1 aromatic carbocycles. The Morgan fingerprint density at radius 1 is 1.19 bits per heavy atom. The van der Waals surface area contributed by atoms with Crippen molar-refractivity contribution in [1.82, 2.24) is 10.6 Å². The summed E-state index contributed by atoms with van der Waals surface area (Å²) >= 11 is 0. The maximum absolute atomic E-state index is 11.8. The van der Waals surface area contributed by atoms with Gasteiger partial charge in [-0.1, -0.05) is 12.1 Å². The smallest absolute Gasteiger partial charge is 0.306 e. The van der Waals surface area contributed by atoms with Gasteiger partial charge in [0.25, 0.3) is 0 Å². The fraction of sp³-hybridized carbons (Fsp3) is 0.600. The predicted octanol–water partition coefficient (Wildman–Crippen LogP) is 3.02. The van der Waals surface area contributed by atoms with Gasteiger partial charge in [-0.25, -0.2) is 4.99 Å². The van der Waals surface area contributed by atoms with Gasteiger partial charge in [0.1, 0.15) is 11.9 Å². The van der Waals surface area contributed by atoms with Crippen molar-refractivity contribution in [2.75, 3.05) is 20.2 Å². The van der Waals surface area contributed by atoms with Crippen LogP contribution in [0.1, 0.15) is 51.0 Å². The highest BCUT2D eigenvalue weighted by atomic mass is 16.5. The Morgan fingerprint density at radius 3 is 2.58 bits per heavy atom. The van der Waals surface area contributed by atoms with Crippen molar-refractivity contribution in [3.63, 3.8) is 0 Å². The van der Waals surface area contributed by atoms with Gasteiger partial charge in [0.15, 0.2) is 5.96 Å². The Morgan fingerprint density at radius 2 is 1.92 bits per heavy atom. The molecule has 0 saturated heterocycles. The van der Waals surface area contributed by atoms with Gasteiger partial charge in [-0.05, 0) is 56.7 Å². The number of nitrogens with zero attached hydrogens (tertiary/aromatic N) is 1. The first kappa shape index (κ1) is 20.1. The Labute approximate surface area is 156 Å². The third-order valence-electron chi connectivity index (χ3n) is 4.37. The molecule has 0 bridgehead atoms. The van der Waals surface area contributed by atoms with E-state index in [1.165, 1.54) is 12.8 Å². The molecule has 0 atom stereocenters. The third-order valence-corrected chi connectivity index (χ3v) is 4.37. The summed E-state index contributed by atoms with van der Waals surface area (Å²) in [6.45, 7) is 4.10. The third kappa shape index (κ3) is 7.33. The number of rotatable bonds is 9. The number of guanidine groups is 1. The number of benzene rings is 1. The lowest BCUT2D eigenvalue weighted by Gasteiger charge is -2.13. The van der Waals surface area contributed by atoms with Crippen LogP contribution in [0.25, 0.3) is 0 Å². The topological polar surface area (TPSA) is 72.0 Å². The van der Waals surface area contributed by atoms with E-state index in [-0.39, 0.29) is 12.1 Å². The first-order valence-corrected chi connectivity index (χ1v) is 9.56. The lowest BCUT2D eigenvalue weighted by atomic mass is 10.2. The zero-order chi connectivity index (χ0) is 18.6. The number of carbonyl (C=O) groups is 1. The summed E-state index contributed by atoms with van der Waals surface area (Å²) in [4.78, 5) is 16.4. The molecule has 0 aromatic heterocycles. The maximum Gasteiger partial charge on any atom is 0.306 e. The largest absolute Gasteiger partial charge is 0.497 e. The molecular weight excluding hydrogens is 330 g/mol. The molecule has 2 N–H and O–H groups in total. The Bertz CT molecular complexity index is 566. The molecule has 26 heavy (non-hydrogen) atoms. The first-order chi connectivity index (χ1) is 12.7. The van der Waals surface area contributed by atoms with Crippen LogP contribution in [0.3, 0.4) is 0 Å². The first-order valence-electron chi connectivity index (χ1n) is 9.56. The van der Waals surface area contributed by atoms with Crippen molar-refractivity contribution in [2.24, 2.45) is 4.99 Å². The normalized spacial score (nSPS) is 14.9. The van der Waals surface area contributed by atoms with E-state index in [1.54, 1.807) is 7.11 Å². The van der Waals surface area contributed by atoms with Crippen LogP contribution < -0.4 is 15.4 Å². The van der Waals surface area contributed by atoms with Gasteiger partial charge in [0.2, 0.25) is 0 Å². The number of ether oxygens (including phenoxy) is 2. The molecule has 0 aliphatic heterocycles. The number of hydrogen-bond donors (Lipinski definition) is 2. The quantitative estimate of drug-likeness (QED) is 0.306. The van der Waals surface area contributed by atoms with Crippen molar-refractivity contribution in [3.05, 3.63) is 29.8 Å². The Kier molecular flexibility index (Phi) is 8.79. The van der Waals surface area contributed by atoms with Crippen molar-refractivity contribution in [1.29, 1.82) is 0 Å². The fourth-order valence-corrected chi connectivity index (χ4v) is 2.93. The SMILES string of the molecule is CCNC(=NCc1ccc(OC)cc1)NCCCC(=O)OC1CCCC1. The molecule has 6 nitrogen and oxygen atoms in total. The second-order valence-corrected chi connectivity index (χ2v) is 6.47. The average molecular weight is 361 g/mol. The molecule has 1 aliphatic carbocycles. The summed E-state index contributed by atoms with van der Waals surface area (Å²) in [6, 6.07) is 7.87. The Balaban J connectivity index is 1.69. The zero-order valence-electron chi connectivity index (χ0n) is 15.9. The molecule has 0 unspecified atom stereocenters. The highest BCUT2D eigenvalue weighted by molar-refractivity contribution is 5.79. The predicted molar refractivity (Wildman–Crippen MR) is 103 cm³/mol. The second kappa shape index (κ2) is 11.4. The molecule has 1 saturated carbocycles. The van der Waals surface area contributed by atoms with E-state index in [9.17, 15) is 4.79 Å². The van der Waals surface area contributed by atoms with E-state index >= 15 is 0 Å². The van der Waals surface area contributed by atoms with Crippen LogP contribution in [0, 0.1) is 0 Å². The number of methoxy groups -OCH3 is 1. The minimum atomic E-state index is -0.0844. The minimum absolute atomic E-state index is 0.0844. The molecular formula is C20H31N3O3. The van der Waals surface area contributed by atoms with E-state index in [0.29, 0.717) is 19.5 Å². The number of esters is 1. The van der Waals surface area contributed by atoms with E-state index < -0.39 is 0 Å². The summed E-state index contributed by atoms with van der Waals surface area (Å²) in [7, 11) is 1.66. The van der Waals surface area contributed by atoms with Crippen LogP contribution in [-0.2, 0) is 16.1 Å². The van der Waals surface area contributed by atoms with E-state index in [2.05, 4.69) is 15.6 Å². The van der Waals surface area contributed by atoms with Gasteiger partial charge in [-0.3, -0.25) is 4.79 Å². The van der Waals surface area contributed by atoms with Crippen LogP contribution in [0.4, 0.5) is 0 Å². The number of nitrogens with one attached hydrogen (secondary N) is 2. The lowest BCUT2D eigenvalue weighted by molar-refractivity contribution is -0.148. The molecule has 0 amide bonds. The lowest BCUT2D eigenvalue weighted by Crippen LogP contribution is -2.37. The highest BCUT2D eigenvalue weighted by Gasteiger charge is 2.18. The van der Waals surface area contributed by atoms with Gasteiger partial charge in [0.05, 0.1) is 13.7 Å². The molecule has 1 aromatic rings. The van der Waals surface area contributed by atoms with Gasteiger partial charge in [-0.15, -0.1) is 0 Å². The van der Waals surface area contributed by atoms with Gasteiger partial charge >= 0.3 is 5.97 Å². The van der Waals surface area contributed by atoms with Gasteiger partial charge in [-0.2, -0.15) is 0 Å². The van der Waals surface area contributed by atoms with Crippen molar-refractivity contribution in [3.8, 4) is 5.75 Å². The fourth-order valence-electron chi connectivity index (χ4n) is 2.93. The maximum atomic E-state index is 11.8. The molecule has 0 heterocycles. The van der Waals surface area contributed by atoms with Gasteiger partial charge in [0, 0.05) is 19.5 Å². The molecule has 0 radical (unpaired) electrons. The van der Waals surface area contributed by atoms with Crippen LogP contribution in [0.5, 0.6) is 5.75 Å². The van der Waals surface area contributed by atoms with E-state index in [1.807, 2.05) is 31.2 Å². The molecule has 2 rings (SSSR count). The number of hydrogen-bond acceptors (Lipinski definition) is 4. The van der Waals surface area contributed by atoms with Crippen LogP contribution >= 0.6 is 0 Å². The van der Waals surface area contributed by atoms with Crippen LogP contribution in [-0.4, -0.2) is 38.2 Å². The summed E-state index contributed by atoms with van der Waals surface area (Å²) in [5.41, 5.74) is 1.11. The molecule has 144 valence electrons. The molecule has 1 fully saturated rings. The van der Waals surface area contributed by atoms with Crippen LogP contribution in [0.15, 0.2) is 29.3 Å². The number of aliphatic imine (C=N–C) groups is 1. The summed E-state index contributed by atoms with van der Waals surface area (Å²) in [5, 5.41) is 6.49.